The summed E-state index contributed by atoms with van der Waals surface area (Å²) in [6.07, 6.45) is 0. The topological polar surface area (TPSA) is 104 Å². The Morgan fingerprint density at radius 3 is 2.38 bits per heavy atom. The Kier molecular flexibility index (Phi) is 7.73. The van der Waals surface area contributed by atoms with Crippen LogP contribution in [0.4, 0.5) is 0 Å². The van der Waals surface area contributed by atoms with Gasteiger partial charge in [-0.15, -0.1) is 0 Å². The van der Waals surface area contributed by atoms with Gasteiger partial charge in [-0.3, -0.25) is 9.32 Å². The van der Waals surface area contributed by atoms with Crippen LogP contribution in [0.25, 0.3) is 33.4 Å². The minimum absolute atomic E-state index is 0.0640. The molecule has 1 unspecified atom stereocenters. The summed E-state index contributed by atoms with van der Waals surface area (Å²) in [6, 6.07) is 15.7. The van der Waals surface area contributed by atoms with Crippen LogP contribution in [0.3, 0.4) is 0 Å². The quantitative estimate of drug-likeness (QED) is 0.132. The first-order chi connectivity index (χ1) is 17.5. The molecular formula is C27H31NO8P+. The number of benzene rings is 3. The first kappa shape index (κ1) is 26.9. The first-order valence-electron chi connectivity index (χ1n) is 11.7. The second-order valence-electron chi connectivity index (χ2n) is 9.68. The maximum atomic E-state index is 12.1. The molecule has 9 nitrogen and oxygen atoms in total. The van der Waals surface area contributed by atoms with Gasteiger partial charge in [0.25, 0.3) is 0 Å². The summed E-state index contributed by atoms with van der Waals surface area (Å²) in [5.41, 5.74) is 3.98. The number of phosphoric ester groups is 1. The molecule has 2 aromatic carbocycles. The maximum absolute atomic E-state index is 12.1. The molecule has 10 heteroatoms. The lowest BCUT2D eigenvalue weighted by Gasteiger charge is -2.24. The number of rotatable bonds is 10. The van der Waals surface area contributed by atoms with Crippen molar-refractivity contribution in [1.82, 2.24) is 0 Å². The number of aryl methyl sites for hydroxylation is 1. The third-order valence-electron chi connectivity index (χ3n) is 5.83. The highest BCUT2D eigenvalue weighted by Gasteiger charge is 2.23. The van der Waals surface area contributed by atoms with Crippen LogP contribution in [0.2, 0.25) is 0 Å². The molecule has 1 atom stereocenters. The van der Waals surface area contributed by atoms with Gasteiger partial charge in [0.1, 0.15) is 36.0 Å². The number of quaternary nitrogens is 1. The van der Waals surface area contributed by atoms with Gasteiger partial charge in [-0.1, -0.05) is 6.07 Å². The molecule has 4 rings (SSSR count). The molecule has 1 aliphatic carbocycles. The Morgan fingerprint density at radius 1 is 0.946 bits per heavy atom. The minimum Gasteiger partial charge on any atom is -0.497 e. The predicted molar refractivity (Wildman–Crippen MR) is 141 cm³/mol. The fourth-order valence-corrected chi connectivity index (χ4v) is 4.48. The third kappa shape index (κ3) is 6.57. The minimum atomic E-state index is -4.27. The van der Waals surface area contributed by atoms with E-state index in [1.807, 2.05) is 52.3 Å². The number of methoxy groups -OCH3 is 1. The predicted octanol–water partition coefficient (Wildman–Crippen LogP) is 5.06. The van der Waals surface area contributed by atoms with Crippen LogP contribution in [0.5, 0.6) is 11.5 Å². The SMILES string of the molecule is COc1ccc(-c2c3ccc(=O)cc-3oc3cc(OCOP(=O)(O)OCC[N+](C)(C)C)ccc23)c(C)c1. The van der Waals surface area contributed by atoms with E-state index >= 15 is 0 Å². The molecule has 2 aliphatic rings. The largest absolute Gasteiger partial charge is 0.497 e. The zero-order valence-electron chi connectivity index (χ0n) is 21.5. The van der Waals surface area contributed by atoms with Gasteiger partial charge in [0.2, 0.25) is 0 Å². The van der Waals surface area contributed by atoms with Gasteiger partial charge >= 0.3 is 7.82 Å². The molecule has 1 aliphatic heterocycles. The monoisotopic (exact) mass is 528 g/mol. The van der Waals surface area contributed by atoms with Crippen molar-refractivity contribution in [2.75, 3.05) is 48.2 Å². The van der Waals surface area contributed by atoms with Crippen LogP contribution in [-0.2, 0) is 13.6 Å². The lowest BCUT2D eigenvalue weighted by molar-refractivity contribution is -0.870. The van der Waals surface area contributed by atoms with Crippen molar-refractivity contribution in [3.05, 3.63) is 70.4 Å². The molecule has 0 spiro atoms. The van der Waals surface area contributed by atoms with Crippen molar-refractivity contribution >= 4 is 18.8 Å². The molecule has 0 fully saturated rings. The van der Waals surface area contributed by atoms with Crippen LogP contribution < -0.4 is 14.9 Å². The number of likely N-dealkylation sites (N-methyl/N-ethyl adjacent to an activating group) is 1. The van der Waals surface area contributed by atoms with E-state index in [0.29, 0.717) is 28.1 Å². The van der Waals surface area contributed by atoms with E-state index in [9.17, 15) is 14.3 Å². The molecule has 0 bridgehead atoms. The summed E-state index contributed by atoms with van der Waals surface area (Å²) in [7, 11) is 3.20. The van der Waals surface area contributed by atoms with E-state index in [-0.39, 0.29) is 12.0 Å². The van der Waals surface area contributed by atoms with E-state index in [1.165, 1.54) is 12.1 Å². The van der Waals surface area contributed by atoms with Crippen molar-refractivity contribution in [3.8, 4) is 33.9 Å². The van der Waals surface area contributed by atoms with Gasteiger partial charge in [-0.2, -0.15) is 0 Å². The average molecular weight is 529 g/mol. The zero-order chi connectivity index (χ0) is 26.8. The van der Waals surface area contributed by atoms with Gasteiger partial charge < -0.3 is 23.3 Å². The van der Waals surface area contributed by atoms with Crippen LogP contribution >= 0.6 is 7.82 Å². The molecule has 1 heterocycles. The van der Waals surface area contributed by atoms with Crippen LogP contribution in [0, 0.1) is 6.92 Å². The summed E-state index contributed by atoms with van der Waals surface area (Å²) in [5, 5.41) is 0.809. The van der Waals surface area contributed by atoms with Gasteiger partial charge in [0.05, 0.1) is 28.3 Å². The molecule has 0 saturated heterocycles. The number of hydrogen-bond acceptors (Lipinski definition) is 7. The summed E-state index contributed by atoms with van der Waals surface area (Å²) in [6.45, 7) is 2.10. The zero-order valence-corrected chi connectivity index (χ0v) is 22.4. The van der Waals surface area contributed by atoms with Crippen LogP contribution in [0.15, 0.2) is 63.8 Å². The second kappa shape index (κ2) is 10.7. The number of phosphoric acid groups is 1. The summed E-state index contributed by atoms with van der Waals surface area (Å²) in [4.78, 5) is 22.0. The summed E-state index contributed by atoms with van der Waals surface area (Å²) >= 11 is 0. The Balaban J connectivity index is 1.63. The highest BCUT2D eigenvalue weighted by Crippen LogP contribution is 2.44. The van der Waals surface area contributed by atoms with Gasteiger partial charge in [-0.05, 0) is 54.4 Å². The Morgan fingerprint density at radius 2 is 1.68 bits per heavy atom. The number of ether oxygens (including phenoxy) is 2. The molecule has 37 heavy (non-hydrogen) atoms. The van der Waals surface area contributed by atoms with E-state index < -0.39 is 14.6 Å². The smallest absolute Gasteiger partial charge is 0.475 e. The fourth-order valence-electron chi connectivity index (χ4n) is 3.90. The second-order valence-corrected chi connectivity index (χ2v) is 11.1. The normalized spacial score (nSPS) is 13.6. The third-order valence-corrected chi connectivity index (χ3v) is 6.77. The first-order valence-corrected chi connectivity index (χ1v) is 13.2. The highest BCUT2D eigenvalue weighted by atomic mass is 31.2. The van der Waals surface area contributed by atoms with Crippen molar-refractivity contribution in [2.24, 2.45) is 0 Å². The van der Waals surface area contributed by atoms with Crippen molar-refractivity contribution in [2.45, 2.75) is 6.92 Å². The molecule has 0 radical (unpaired) electrons. The van der Waals surface area contributed by atoms with Gasteiger partial charge in [0.15, 0.2) is 12.2 Å². The fraction of sp³-hybridized carbons (Fsp3) is 0.296. The highest BCUT2D eigenvalue weighted by molar-refractivity contribution is 7.47. The summed E-state index contributed by atoms with van der Waals surface area (Å²) < 4.78 is 39.6. The number of hydrogen-bond donors (Lipinski definition) is 1. The molecule has 0 saturated carbocycles. The van der Waals surface area contributed by atoms with Crippen molar-refractivity contribution in [3.63, 3.8) is 0 Å². The van der Waals surface area contributed by atoms with Crippen LogP contribution in [-0.4, -0.2) is 57.6 Å². The Hall–Kier alpha value is -3.20. The molecule has 0 amide bonds. The van der Waals surface area contributed by atoms with E-state index in [1.54, 1.807) is 25.3 Å². The lowest BCUT2D eigenvalue weighted by Crippen LogP contribution is -2.37. The standard InChI is InChI=1S/C27H30NO8P/c1-18-14-20(32-5)7-10-22(18)27-23-9-6-19(29)15-25(23)36-26-16-21(8-11-24(26)27)33-17-35-37(30,31)34-13-12-28(2,3)4/h6-11,14-16H,12-13,17H2,1-5H3/p+1. The lowest BCUT2D eigenvalue weighted by atomic mass is 9.91. The molecular weight excluding hydrogens is 497 g/mol. The van der Waals surface area contributed by atoms with E-state index in [2.05, 4.69) is 0 Å². The molecule has 1 N–H and O–H groups in total. The number of nitrogens with zero attached hydrogens (tertiary/aromatic N) is 1. The maximum Gasteiger partial charge on any atom is 0.475 e. The van der Waals surface area contributed by atoms with Crippen molar-refractivity contribution in [1.29, 1.82) is 0 Å². The van der Waals surface area contributed by atoms with Crippen LogP contribution in [0.1, 0.15) is 5.56 Å². The molecule has 0 aromatic heterocycles. The van der Waals surface area contributed by atoms with Gasteiger partial charge in [-0.25, -0.2) is 9.09 Å². The van der Waals surface area contributed by atoms with E-state index in [0.717, 1.165) is 33.4 Å². The van der Waals surface area contributed by atoms with Crippen molar-refractivity contribution < 1.29 is 36.9 Å². The molecule has 2 aromatic rings. The number of fused-ring (bicyclic) bond motifs is 2. The van der Waals surface area contributed by atoms with E-state index in [4.69, 9.17) is 22.9 Å². The Bertz CT molecular complexity index is 1490. The average Bonchev–Trinajstić information content (AvgIpc) is 2.81. The molecule has 196 valence electrons. The summed E-state index contributed by atoms with van der Waals surface area (Å²) in [5.74, 6) is 1.54. The van der Waals surface area contributed by atoms with Gasteiger partial charge in [0, 0.05) is 28.6 Å². The Labute approximate surface area is 215 Å².